The van der Waals surface area contributed by atoms with E-state index in [2.05, 4.69) is 15.3 Å². The molecule has 0 aliphatic heterocycles. The summed E-state index contributed by atoms with van der Waals surface area (Å²) in [7, 11) is 0. The van der Waals surface area contributed by atoms with E-state index < -0.39 is 11.5 Å². The van der Waals surface area contributed by atoms with Gasteiger partial charge in [0.25, 0.3) is 5.56 Å². The van der Waals surface area contributed by atoms with Crippen molar-refractivity contribution in [2.75, 3.05) is 6.61 Å². The lowest BCUT2D eigenvalue weighted by atomic mass is 10.3. The summed E-state index contributed by atoms with van der Waals surface area (Å²) in [5, 5.41) is 20.6. The van der Waals surface area contributed by atoms with Gasteiger partial charge in [-0.3, -0.25) is 9.89 Å². The zero-order valence-electron chi connectivity index (χ0n) is 14.2. The number of ether oxygens (including phenoxy) is 1. The molecule has 1 heterocycles. The van der Waals surface area contributed by atoms with Crippen LogP contribution in [0.4, 0.5) is 11.4 Å². The molecule has 0 spiro atoms. The van der Waals surface area contributed by atoms with Crippen molar-refractivity contribution in [2.45, 2.75) is 6.92 Å². The van der Waals surface area contributed by atoms with Crippen molar-refractivity contribution in [3.63, 3.8) is 0 Å². The maximum atomic E-state index is 12.8. The lowest BCUT2D eigenvalue weighted by Crippen LogP contribution is -2.13. The van der Waals surface area contributed by atoms with Crippen LogP contribution in [0.5, 0.6) is 5.75 Å². The van der Waals surface area contributed by atoms with E-state index >= 15 is 0 Å². The number of benzene rings is 2. The Bertz CT molecular complexity index is 1060. The molecular formula is C18H15ClN4O4. The van der Waals surface area contributed by atoms with Gasteiger partial charge in [0.2, 0.25) is 0 Å². The van der Waals surface area contributed by atoms with Crippen LogP contribution < -0.4 is 5.56 Å². The number of aromatic hydroxyl groups is 1. The van der Waals surface area contributed by atoms with Crippen LogP contribution in [0.3, 0.4) is 0 Å². The first-order valence-electron chi connectivity index (χ1n) is 7.99. The van der Waals surface area contributed by atoms with Crippen LogP contribution in [0, 0.1) is 0 Å². The van der Waals surface area contributed by atoms with Gasteiger partial charge < -0.3 is 9.84 Å². The third kappa shape index (κ3) is 3.90. The van der Waals surface area contributed by atoms with Gasteiger partial charge in [-0.1, -0.05) is 29.8 Å². The van der Waals surface area contributed by atoms with Gasteiger partial charge in [0.15, 0.2) is 11.4 Å². The molecule has 0 saturated heterocycles. The van der Waals surface area contributed by atoms with Gasteiger partial charge in [-0.05, 0) is 37.3 Å². The fourth-order valence-electron chi connectivity index (χ4n) is 2.31. The molecule has 0 amide bonds. The van der Waals surface area contributed by atoms with Crippen molar-refractivity contribution < 1.29 is 14.6 Å². The number of phenolic OH excluding ortho intramolecular Hbond substituents is 1. The Morgan fingerprint density at radius 2 is 1.96 bits per heavy atom. The number of hydrogen-bond acceptors (Lipinski definition) is 6. The third-order valence-corrected chi connectivity index (χ3v) is 3.79. The highest BCUT2D eigenvalue weighted by Crippen LogP contribution is 2.31. The number of phenols is 1. The quantitative estimate of drug-likeness (QED) is 0.507. The zero-order chi connectivity index (χ0) is 19.4. The maximum absolute atomic E-state index is 12.8. The minimum atomic E-state index is -0.742. The van der Waals surface area contributed by atoms with Gasteiger partial charge in [0, 0.05) is 5.02 Å². The standard InChI is InChI=1S/C18H15ClN4O4/c1-2-27-18(26)16-15(21-20-13-10-11(19)8-9-14(13)24)17(25)23(22-16)12-6-4-3-5-7-12/h3-10,22,24H,2H2,1H3. The number of hydrogen-bond donors (Lipinski definition) is 2. The maximum Gasteiger partial charge on any atom is 0.358 e. The summed E-state index contributed by atoms with van der Waals surface area (Å²) in [6.07, 6.45) is 0. The number of para-hydroxylation sites is 1. The molecular weight excluding hydrogens is 372 g/mol. The van der Waals surface area contributed by atoms with E-state index in [-0.39, 0.29) is 29.4 Å². The molecule has 8 nitrogen and oxygen atoms in total. The average molecular weight is 387 g/mol. The molecule has 1 aromatic heterocycles. The van der Waals surface area contributed by atoms with E-state index in [1.54, 1.807) is 37.3 Å². The molecule has 27 heavy (non-hydrogen) atoms. The predicted octanol–water partition coefficient (Wildman–Crippen LogP) is 4.12. The fraction of sp³-hybridized carbons (Fsp3) is 0.111. The number of nitrogens with one attached hydrogen (secondary N) is 1. The number of rotatable bonds is 5. The van der Waals surface area contributed by atoms with E-state index in [4.69, 9.17) is 16.3 Å². The predicted molar refractivity (Wildman–Crippen MR) is 99.6 cm³/mol. The molecule has 0 aliphatic rings. The number of esters is 1. The average Bonchev–Trinajstić information content (AvgIpc) is 3.00. The first kappa shape index (κ1) is 18.4. The summed E-state index contributed by atoms with van der Waals surface area (Å²) in [6, 6.07) is 12.9. The summed E-state index contributed by atoms with van der Waals surface area (Å²) in [5.74, 6) is -0.909. The van der Waals surface area contributed by atoms with Gasteiger partial charge in [0.1, 0.15) is 11.4 Å². The summed E-state index contributed by atoms with van der Waals surface area (Å²) in [4.78, 5) is 25.0. The van der Waals surface area contributed by atoms with Gasteiger partial charge >= 0.3 is 5.97 Å². The Hall–Kier alpha value is -3.39. The number of aromatic amines is 1. The SMILES string of the molecule is CCOC(=O)c1[nH]n(-c2ccccc2)c(=O)c1N=Nc1cc(Cl)ccc1O. The summed E-state index contributed by atoms with van der Waals surface area (Å²) in [6.45, 7) is 1.78. The molecule has 2 N–H and O–H groups in total. The van der Waals surface area contributed by atoms with Gasteiger partial charge in [-0.25, -0.2) is 9.48 Å². The normalized spacial score (nSPS) is 11.0. The van der Waals surface area contributed by atoms with Crippen LogP contribution in [0.1, 0.15) is 17.4 Å². The van der Waals surface area contributed by atoms with Crippen molar-refractivity contribution in [2.24, 2.45) is 10.2 Å². The van der Waals surface area contributed by atoms with Crippen LogP contribution in [0.2, 0.25) is 5.02 Å². The summed E-state index contributed by atoms with van der Waals surface area (Å²) in [5.41, 5.74) is -0.397. The number of nitrogens with zero attached hydrogens (tertiary/aromatic N) is 3. The van der Waals surface area contributed by atoms with Gasteiger partial charge in [-0.15, -0.1) is 10.2 Å². The van der Waals surface area contributed by atoms with Crippen LogP contribution in [0.25, 0.3) is 5.69 Å². The highest BCUT2D eigenvalue weighted by Gasteiger charge is 2.22. The van der Waals surface area contributed by atoms with Crippen molar-refractivity contribution in [1.29, 1.82) is 0 Å². The molecule has 0 aliphatic carbocycles. The minimum absolute atomic E-state index is 0.0594. The second kappa shape index (κ2) is 7.88. The first-order chi connectivity index (χ1) is 13.0. The van der Waals surface area contributed by atoms with E-state index in [9.17, 15) is 14.7 Å². The largest absolute Gasteiger partial charge is 0.506 e. The lowest BCUT2D eigenvalue weighted by molar-refractivity contribution is 0.0520. The van der Waals surface area contributed by atoms with E-state index in [1.807, 2.05) is 0 Å². The molecule has 3 rings (SSSR count). The van der Waals surface area contributed by atoms with E-state index in [1.165, 1.54) is 22.9 Å². The molecule has 138 valence electrons. The molecule has 2 aromatic carbocycles. The summed E-state index contributed by atoms with van der Waals surface area (Å²) >= 11 is 5.88. The third-order valence-electron chi connectivity index (χ3n) is 3.56. The molecule has 0 bridgehead atoms. The number of aromatic nitrogens is 2. The number of carbonyl (C=O) groups excluding carboxylic acids is 1. The van der Waals surface area contributed by atoms with Crippen molar-refractivity contribution in [1.82, 2.24) is 9.78 Å². The Morgan fingerprint density at radius 1 is 1.22 bits per heavy atom. The van der Waals surface area contributed by atoms with Crippen LogP contribution in [-0.4, -0.2) is 27.5 Å². The topological polar surface area (TPSA) is 109 Å². The van der Waals surface area contributed by atoms with E-state index in [0.717, 1.165) is 0 Å². The summed E-state index contributed by atoms with van der Waals surface area (Å²) < 4.78 is 6.14. The van der Waals surface area contributed by atoms with Gasteiger partial charge in [-0.2, -0.15) is 0 Å². The Kier molecular flexibility index (Phi) is 5.37. The van der Waals surface area contributed by atoms with Crippen molar-refractivity contribution in [3.05, 3.63) is 69.6 Å². The number of H-pyrrole nitrogens is 1. The fourth-order valence-corrected chi connectivity index (χ4v) is 2.47. The molecule has 9 heteroatoms. The second-order valence-electron chi connectivity index (χ2n) is 5.37. The monoisotopic (exact) mass is 386 g/mol. The zero-order valence-corrected chi connectivity index (χ0v) is 15.0. The minimum Gasteiger partial charge on any atom is -0.506 e. The molecule has 0 fully saturated rings. The number of carbonyl (C=O) groups is 1. The van der Waals surface area contributed by atoms with Crippen LogP contribution in [0.15, 0.2) is 63.6 Å². The smallest absolute Gasteiger partial charge is 0.358 e. The number of halogens is 1. The molecule has 0 atom stereocenters. The molecule has 0 unspecified atom stereocenters. The van der Waals surface area contributed by atoms with E-state index in [0.29, 0.717) is 10.7 Å². The molecule has 0 saturated carbocycles. The van der Waals surface area contributed by atoms with Crippen LogP contribution in [-0.2, 0) is 4.74 Å². The Morgan fingerprint density at radius 3 is 2.67 bits per heavy atom. The highest BCUT2D eigenvalue weighted by atomic mass is 35.5. The second-order valence-corrected chi connectivity index (χ2v) is 5.80. The van der Waals surface area contributed by atoms with Crippen molar-refractivity contribution >= 4 is 28.9 Å². The van der Waals surface area contributed by atoms with Gasteiger partial charge in [0.05, 0.1) is 12.3 Å². The molecule has 3 aromatic rings. The van der Waals surface area contributed by atoms with Crippen LogP contribution >= 0.6 is 11.6 Å². The first-order valence-corrected chi connectivity index (χ1v) is 8.37. The Balaban J connectivity index is 2.11. The number of azo groups is 1. The highest BCUT2D eigenvalue weighted by molar-refractivity contribution is 6.30. The Labute approximate surface area is 158 Å². The molecule has 0 radical (unpaired) electrons. The lowest BCUT2D eigenvalue weighted by Gasteiger charge is -2.01. The van der Waals surface area contributed by atoms with Crippen molar-refractivity contribution in [3.8, 4) is 11.4 Å².